The lowest BCUT2D eigenvalue weighted by Gasteiger charge is -2.35. The van der Waals surface area contributed by atoms with E-state index >= 15 is 0 Å². The number of allylic oxidation sites excluding steroid dienone is 2. The molecule has 8 aromatic carbocycles. The van der Waals surface area contributed by atoms with Gasteiger partial charge in [-0.25, -0.2) is 0 Å². The molecule has 0 bridgehead atoms. The number of hydrogen-bond acceptors (Lipinski definition) is 2. The van der Waals surface area contributed by atoms with Crippen LogP contribution < -0.4 is 9.80 Å². The van der Waals surface area contributed by atoms with E-state index in [2.05, 4.69) is 228 Å². The number of para-hydroxylation sites is 1. The van der Waals surface area contributed by atoms with E-state index in [9.17, 15) is 0 Å². The van der Waals surface area contributed by atoms with Crippen LogP contribution in [-0.2, 0) is 5.41 Å². The Labute approximate surface area is 322 Å². The van der Waals surface area contributed by atoms with Crippen molar-refractivity contribution in [1.29, 1.82) is 0 Å². The summed E-state index contributed by atoms with van der Waals surface area (Å²) in [4.78, 5) is 5.02. The maximum atomic E-state index is 2.57. The Morgan fingerprint density at radius 3 is 1.85 bits per heavy atom. The Balaban J connectivity index is 1.14. The largest absolute Gasteiger partial charge is 0.333 e. The van der Waals surface area contributed by atoms with Crippen LogP contribution in [0.4, 0.5) is 28.4 Å². The van der Waals surface area contributed by atoms with Crippen LogP contribution in [-0.4, -0.2) is 6.04 Å². The third kappa shape index (κ3) is 4.74. The Kier molecular flexibility index (Phi) is 7.25. The first-order chi connectivity index (χ1) is 27.3. The zero-order valence-electron chi connectivity index (χ0n) is 30.3. The predicted octanol–water partition coefficient (Wildman–Crippen LogP) is 13.4. The molecular weight excluding hydrogens is 665 g/mol. The molecule has 0 N–H and O–H groups in total. The molecule has 0 radical (unpaired) electrons. The maximum Gasteiger partial charge on any atom is 0.0714 e. The first-order valence-corrected chi connectivity index (χ1v) is 19.3. The summed E-state index contributed by atoms with van der Waals surface area (Å²) in [6, 6.07) is 71.9. The molecule has 2 unspecified atom stereocenters. The van der Waals surface area contributed by atoms with Gasteiger partial charge in [0.1, 0.15) is 0 Å². The van der Waals surface area contributed by atoms with E-state index in [1.165, 1.54) is 61.1 Å². The third-order valence-electron chi connectivity index (χ3n) is 12.0. The fourth-order valence-electron chi connectivity index (χ4n) is 9.76. The van der Waals surface area contributed by atoms with Gasteiger partial charge in [0, 0.05) is 39.7 Å². The highest BCUT2D eigenvalue weighted by Crippen LogP contribution is 2.58. The van der Waals surface area contributed by atoms with E-state index in [0.717, 1.165) is 17.1 Å². The van der Waals surface area contributed by atoms with Crippen LogP contribution in [0.2, 0.25) is 0 Å². The minimum atomic E-state index is -0.482. The quantitative estimate of drug-likeness (QED) is 0.170. The fraction of sp³-hybridized carbons (Fsp3) is 0.0566. The van der Waals surface area contributed by atoms with Crippen molar-refractivity contribution in [1.82, 2.24) is 0 Å². The number of fused-ring (bicyclic) bond motifs is 7. The molecular formula is C53H38N2. The molecule has 260 valence electrons. The molecule has 1 aliphatic heterocycles. The normalized spacial score (nSPS) is 17.1. The molecule has 3 aliphatic rings. The molecule has 0 saturated carbocycles. The molecule has 2 atom stereocenters. The number of hydrogen-bond donors (Lipinski definition) is 0. The predicted molar refractivity (Wildman–Crippen MR) is 229 cm³/mol. The van der Waals surface area contributed by atoms with E-state index in [4.69, 9.17) is 0 Å². The number of rotatable bonds is 6. The minimum Gasteiger partial charge on any atom is -0.333 e. The molecule has 0 amide bonds. The van der Waals surface area contributed by atoms with Crippen molar-refractivity contribution in [3.05, 3.63) is 246 Å². The molecule has 2 nitrogen and oxygen atoms in total. The number of benzene rings is 8. The van der Waals surface area contributed by atoms with Crippen molar-refractivity contribution < 1.29 is 0 Å². The van der Waals surface area contributed by atoms with Gasteiger partial charge >= 0.3 is 0 Å². The molecule has 0 saturated heterocycles. The summed E-state index contributed by atoms with van der Waals surface area (Å²) >= 11 is 0. The van der Waals surface area contributed by atoms with E-state index in [0.29, 0.717) is 0 Å². The zero-order valence-corrected chi connectivity index (χ0v) is 30.3. The van der Waals surface area contributed by atoms with Crippen LogP contribution >= 0.6 is 0 Å². The molecule has 8 aromatic rings. The highest BCUT2D eigenvalue weighted by molar-refractivity contribution is 5.98. The lowest BCUT2D eigenvalue weighted by atomic mass is 9.67. The van der Waals surface area contributed by atoms with Crippen molar-refractivity contribution in [2.45, 2.75) is 17.4 Å². The van der Waals surface area contributed by atoms with Gasteiger partial charge < -0.3 is 9.80 Å². The van der Waals surface area contributed by atoms with Crippen molar-refractivity contribution in [2.24, 2.45) is 0 Å². The van der Waals surface area contributed by atoms with Crippen LogP contribution in [0.15, 0.2) is 218 Å². The van der Waals surface area contributed by atoms with E-state index in [1.807, 2.05) is 0 Å². The van der Waals surface area contributed by atoms with Gasteiger partial charge in [-0.1, -0.05) is 176 Å². The van der Waals surface area contributed by atoms with Crippen LogP contribution in [0.1, 0.15) is 33.7 Å². The monoisotopic (exact) mass is 702 g/mol. The van der Waals surface area contributed by atoms with Crippen LogP contribution in [0.25, 0.3) is 21.9 Å². The maximum absolute atomic E-state index is 2.57. The highest BCUT2D eigenvalue weighted by atomic mass is 15.2. The molecule has 0 fully saturated rings. The molecule has 11 rings (SSSR count). The summed E-state index contributed by atoms with van der Waals surface area (Å²) < 4.78 is 0. The number of nitrogens with zero attached hydrogens (tertiary/aromatic N) is 2. The second kappa shape index (κ2) is 12.6. The molecule has 2 heteroatoms. The Morgan fingerprint density at radius 1 is 0.436 bits per heavy atom. The van der Waals surface area contributed by atoms with Crippen LogP contribution in [0, 0.1) is 0 Å². The van der Waals surface area contributed by atoms with Gasteiger partial charge in [0.2, 0.25) is 0 Å². The van der Waals surface area contributed by atoms with Crippen LogP contribution in [0.3, 0.4) is 0 Å². The summed E-state index contributed by atoms with van der Waals surface area (Å²) in [7, 11) is 0. The molecule has 0 aromatic heterocycles. The van der Waals surface area contributed by atoms with Gasteiger partial charge in [0.05, 0.1) is 11.5 Å². The Hall–Kier alpha value is -6.90. The Bertz CT molecular complexity index is 2740. The topological polar surface area (TPSA) is 6.48 Å². The molecule has 0 spiro atoms. The second-order valence-electron chi connectivity index (χ2n) is 14.8. The lowest BCUT2D eigenvalue weighted by molar-refractivity contribution is 0.746. The smallest absolute Gasteiger partial charge is 0.0714 e. The van der Waals surface area contributed by atoms with Crippen molar-refractivity contribution in [3.8, 4) is 11.1 Å². The standard InChI is InChI=1S/C53H38N2/c1-4-19-38(20-5-1)53(39-21-6-2-7-22-39)48-28-14-12-26-44(48)45-33-31-41(35-49(45)53)54(40-23-8-3-9-24-40)42-32-34-47-46-27-13-15-29-51(46)55(52(47)36-42)50-30-16-18-37-17-10-11-25-43(37)50/h1-36,46,51H. The van der Waals surface area contributed by atoms with Crippen molar-refractivity contribution in [2.75, 3.05) is 9.80 Å². The van der Waals surface area contributed by atoms with E-state index < -0.39 is 5.41 Å². The summed E-state index contributed by atoms with van der Waals surface area (Å²) in [6.07, 6.45) is 9.15. The lowest BCUT2D eigenvalue weighted by Crippen LogP contribution is -2.29. The molecule has 2 aliphatic carbocycles. The average molecular weight is 703 g/mol. The second-order valence-corrected chi connectivity index (χ2v) is 14.8. The zero-order chi connectivity index (χ0) is 36.3. The summed E-state index contributed by atoms with van der Waals surface area (Å²) in [5, 5.41) is 2.52. The van der Waals surface area contributed by atoms with Gasteiger partial charge in [-0.05, 0) is 86.8 Å². The fourth-order valence-corrected chi connectivity index (χ4v) is 9.76. The summed E-state index contributed by atoms with van der Waals surface area (Å²) in [5.74, 6) is 0.272. The number of anilines is 5. The van der Waals surface area contributed by atoms with Gasteiger partial charge in [-0.3, -0.25) is 0 Å². The van der Waals surface area contributed by atoms with Crippen molar-refractivity contribution in [3.63, 3.8) is 0 Å². The average Bonchev–Trinajstić information content (AvgIpc) is 3.75. The van der Waals surface area contributed by atoms with E-state index in [-0.39, 0.29) is 12.0 Å². The van der Waals surface area contributed by atoms with Gasteiger partial charge in [0.25, 0.3) is 0 Å². The molecule has 55 heavy (non-hydrogen) atoms. The van der Waals surface area contributed by atoms with E-state index in [1.54, 1.807) is 0 Å². The first kappa shape index (κ1) is 31.6. The first-order valence-electron chi connectivity index (χ1n) is 19.3. The van der Waals surface area contributed by atoms with Crippen molar-refractivity contribution >= 4 is 39.2 Å². The molecule has 1 heterocycles. The Morgan fingerprint density at radius 2 is 1.05 bits per heavy atom. The van der Waals surface area contributed by atoms with Crippen LogP contribution in [0.5, 0.6) is 0 Å². The minimum absolute atomic E-state index is 0.196. The highest BCUT2D eigenvalue weighted by Gasteiger charge is 2.46. The third-order valence-corrected chi connectivity index (χ3v) is 12.0. The summed E-state index contributed by atoms with van der Waals surface area (Å²) in [5.41, 5.74) is 14.4. The van der Waals surface area contributed by atoms with Gasteiger partial charge in [0.15, 0.2) is 0 Å². The van der Waals surface area contributed by atoms with Gasteiger partial charge in [-0.15, -0.1) is 0 Å². The summed E-state index contributed by atoms with van der Waals surface area (Å²) in [6.45, 7) is 0. The van der Waals surface area contributed by atoms with Gasteiger partial charge in [-0.2, -0.15) is 0 Å². The SMILES string of the molecule is C1=CC2c3ccc(N(c4ccccc4)c4ccc5c(c4)C(c4ccccc4)(c4ccccc4)c4ccccc4-5)cc3N(c3cccc4ccccc34)C2C=C1.